The number of sulfonamides is 1. The summed E-state index contributed by atoms with van der Waals surface area (Å²) in [4.78, 5) is 26.3. The molecule has 166 valence electrons. The number of imide groups is 1. The number of carbonyl (C=O) groups excluding carboxylic acids is 2. The topological polar surface area (TPSA) is 74.8 Å². The van der Waals surface area contributed by atoms with Crippen molar-refractivity contribution in [1.29, 1.82) is 0 Å². The minimum absolute atomic E-state index is 0.0385. The van der Waals surface area contributed by atoms with Gasteiger partial charge in [0.2, 0.25) is 10.0 Å². The van der Waals surface area contributed by atoms with Crippen molar-refractivity contribution in [1.82, 2.24) is 4.31 Å². The smallest absolute Gasteiger partial charge is 0.266 e. The van der Waals surface area contributed by atoms with E-state index in [0.717, 1.165) is 30.6 Å². The maximum Gasteiger partial charge on any atom is 0.266 e. The number of rotatable bonds is 9. The molecule has 0 aromatic heterocycles. The Labute approximate surface area is 192 Å². The average molecular weight is 483 g/mol. The van der Waals surface area contributed by atoms with Gasteiger partial charge in [0.05, 0.1) is 26.9 Å². The third-order valence-corrected chi connectivity index (χ3v) is 7.84. The highest BCUT2D eigenvalue weighted by atomic mass is 35.5. The van der Waals surface area contributed by atoms with Crippen molar-refractivity contribution in [2.45, 2.75) is 44.4 Å². The van der Waals surface area contributed by atoms with Crippen molar-refractivity contribution in [3.63, 3.8) is 0 Å². The van der Waals surface area contributed by atoms with E-state index in [0.29, 0.717) is 13.1 Å². The predicted molar refractivity (Wildman–Crippen MR) is 123 cm³/mol. The van der Waals surface area contributed by atoms with Gasteiger partial charge < -0.3 is 0 Å². The normalized spacial score (nSPS) is 13.9. The summed E-state index contributed by atoms with van der Waals surface area (Å²) in [5, 5.41) is -0.127. The molecule has 31 heavy (non-hydrogen) atoms. The Kier molecular flexibility index (Phi) is 7.42. The molecule has 0 saturated carbocycles. The van der Waals surface area contributed by atoms with Crippen molar-refractivity contribution in [3.8, 4) is 0 Å². The number of unbranched alkanes of at least 4 members (excludes halogenated alkanes) is 2. The number of fused-ring (bicyclic) bond motifs is 1. The van der Waals surface area contributed by atoms with Crippen LogP contribution in [0.25, 0.3) is 0 Å². The fraction of sp³-hybridized carbons (Fsp3) is 0.364. The number of amides is 2. The van der Waals surface area contributed by atoms with Crippen LogP contribution >= 0.6 is 23.2 Å². The van der Waals surface area contributed by atoms with Gasteiger partial charge in [-0.1, -0.05) is 62.0 Å². The maximum absolute atomic E-state index is 13.3. The van der Waals surface area contributed by atoms with E-state index in [-0.39, 0.29) is 31.8 Å². The molecule has 6 nitrogen and oxygen atoms in total. The molecule has 2 amide bonds. The third-order valence-electron chi connectivity index (χ3n) is 5.18. The molecule has 0 atom stereocenters. The van der Waals surface area contributed by atoms with Crippen LogP contribution in [0.3, 0.4) is 0 Å². The van der Waals surface area contributed by atoms with Gasteiger partial charge in [-0.05, 0) is 37.1 Å². The molecular weight excluding hydrogens is 459 g/mol. The molecule has 1 aliphatic rings. The van der Waals surface area contributed by atoms with Crippen molar-refractivity contribution < 1.29 is 18.0 Å². The number of anilines is 1. The van der Waals surface area contributed by atoms with E-state index in [2.05, 4.69) is 0 Å². The molecule has 0 spiro atoms. The van der Waals surface area contributed by atoms with Crippen molar-refractivity contribution in [2.75, 3.05) is 18.0 Å². The first-order valence-corrected chi connectivity index (χ1v) is 12.4. The van der Waals surface area contributed by atoms with Crippen LogP contribution in [0.1, 0.15) is 60.2 Å². The molecule has 0 aliphatic carbocycles. The zero-order valence-corrected chi connectivity index (χ0v) is 19.7. The predicted octanol–water partition coefficient (Wildman–Crippen LogP) is 5.38. The van der Waals surface area contributed by atoms with Crippen molar-refractivity contribution in [2.24, 2.45) is 0 Å². The number of benzene rings is 2. The summed E-state index contributed by atoms with van der Waals surface area (Å²) in [6.45, 7) is 4.75. The van der Waals surface area contributed by atoms with E-state index < -0.39 is 21.8 Å². The van der Waals surface area contributed by atoms with Gasteiger partial charge >= 0.3 is 0 Å². The van der Waals surface area contributed by atoms with Gasteiger partial charge in [0, 0.05) is 13.1 Å². The number of hydrogen-bond acceptors (Lipinski definition) is 4. The summed E-state index contributed by atoms with van der Waals surface area (Å²) >= 11 is 12.8. The van der Waals surface area contributed by atoms with E-state index in [4.69, 9.17) is 23.2 Å². The zero-order valence-electron chi connectivity index (χ0n) is 17.4. The lowest BCUT2D eigenvalue weighted by Gasteiger charge is -2.24. The first-order chi connectivity index (χ1) is 14.7. The van der Waals surface area contributed by atoms with E-state index >= 15 is 0 Å². The lowest BCUT2D eigenvalue weighted by Crippen LogP contribution is -2.33. The standard InChI is InChI=1S/C22H24Cl2N2O4S/c1-3-5-11-25(12-6-4-2)31(29,30)20-14-17(23)19(13-18(20)24)26-21(27)15-9-7-8-10-16(15)22(26)28/h7-10,13-14H,3-6,11-12H2,1-2H3. The van der Waals surface area contributed by atoms with E-state index in [9.17, 15) is 18.0 Å². The first kappa shape index (κ1) is 23.7. The third kappa shape index (κ3) is 4.51. The zero-order chi connectivity index (χ0) is 22.8. The first-order valence-electron chi connectivity index (χ1n) is 10.2. The van der Waals surface area contributed by atoms with Gasteiger partial charge in [0.15, 0.2) is 0 Å². The lowest BCUT2D eigenvalue weighted by atomic mass is 10.1. The Bertz CT molecular complexity index is 1080. The second-order valence-electron chi connectivity index (χ2n) is 7.34. The maximum atomic E-state index is 13.3. The van der Waals surface area contributed by atoms with E-state index in [1.54, 1.807) is 24.3 Å². The molecule has 2 aromatic carbocycles. The molecule has 9 heteroatoms. The summed E-state index contributed by atoms with van der Waals surface area (Å²) in [5.74, 6) is -1.05. The number of halogens is 2. The van der Waals surface area contributed by atoms with Gasteiger partial charge in [-0.15, -0.1) is 0 Å². The Morgan fingerprint density at radius 3 is 1.87 bits per heavy atom. The minimum atomic E-state index is -3.89. The Morgan fingerprint density at radius 1 is 0.871 bits per heavy atom. The van der Waals surface area contributed by atoms with Gasteiger partial charge in [-0.3, -0.25) is 9.59 Å². The molecule has 2 aromatic rings. The van der Waals surface area contributed by atoms with Crippen LogP contribution in [-0.4, -0.2) is 37.6 Å². The molecule has 1 aliphatic heterocycles. The Balaban J connectivity index is 2.01. The van der Waals surface area contributed by atoms with Crippen molar-refractivity contribution >= 4 is 50.7 Å². The molecule has 0 fully saturated rings. The molecule has 0 N–H and O–H groups in total. The number of hydrogen-bond donors (Lipinski definition) is 0. The fourth-order valence-corrected chi connectivity index (χ4v) is 5.81. The van der Waals surface area contributed by atoms with Crippen LogP contribution in [0.15, 0.2) is 41.3 Å². The van der Waals surface area contributed by atoms with Gasteiger partial charge in [0.25, 0.3) is 11.8 Å². The second-order valence-corrected chi connectivity index (χ2v) is 10.1. The highest BCUT2D eigenvalue weighted by molar-refractivity contribution is 7.89. The van der Waals surface area contributed by atoms with Crippen LogP contribution in [0.4, 0.5) is 5.69 Å². The van der Waals surface area contributed by atoms with Gasteiger partial charge in [-0.25, -0.2) is 13.3 Å². The summed E-state index contributed by atoms with van der Waals surface area (Å²) in [6.07, 6.45) is 3.15. The largest absolute Gasteiger partial charge is 0.268 e. The number of carbonyl (C=O) groups is 2. The molecule has 0 unspecified atom stereocenters. The van der Waals surface area contributed by atoms with Crippen LogP contribution in [-0.2, 0) is 10.0 Å². The SMILES string of the molecule is CCCCN(CCCC)S(=O)(=O)c1cc(Cl)c(N2C(=O)c3ccccc3C2=O)cc1Cl. The summed E-state index contributed by atoms with van der Waals surface area (Å²) in [6, 6.07) is 8.95. The highest BCUT2D eigenvalue weighted by Gasteiger charge is 2.38. The van der Waals surface area contributed by atoms with Gasteiger partial charge in [-0.2, -0.15) is 4.31 Å². The van der Waals surface area contributed by atoms with Crippen LogP contribution in [0, 0.1) is 0 Å². The van der Waals surface area contributed by atoms with Gasteiger partial charge in [0.1, 0.15) is 4.90 Å². The highest BCUT2D eigenvalue weighted by Crippen LogP contribution is 2.39. The molecule has 0 radical (unpaired) electrons. The summed E-state index contributed by atoms with van der Waals surface area (Å²) < 4.78 is 28.0. The van der Waals surface area contributed by atoms with E-state index in [1.165, 1.54) is 16.4 Å². The molecule has 1 heterocycles. The second kappa shape index (κ2) is 9.69. The molecular formula is C22H24Cl2N2O4S. The van der Waals surface area contributed by atoms with Crippen molar-refractivity contribution in [3.05, 3.63) is 57.6 Å². The molecule has 0 saturated heterocycles. The fourth-order valence-electron chi connectivity index (χ4n) is 3.46. The summed E-state index contributed by atoms with van der Waals surface area (Å²) in [5.41, 5.74) is 0.592. The van der Waals surface area contributed by atoms with Crippen LogP contribution in [0.2, 0.25) is 10.0 Å². The molecule has 3 rings (SSSR count). The van der Waals surface area contributed by atoms with Crippen LogP contribution < -0.4 is 4.90 Å². The Morgan fingerprint density at radius 2 is 1.39 bits per heavy atom. The number of nitrogens with zero attached hydrogens (tertiary/aromatic N) is 2. The monoisotopic (exact) mass is 482 g/mol. The summed E-state index contributed by atoms with van der Waals surface area (Å²) in [7, 11) is -3.89. The minimum Gasteiger partial charge on any atom is -0.268 e. The van der Waals surface area contributed by atoms with Crippen LogP contribution in [0.5, 0.6) is 0 Å². The molecule has 0 bridgehead atoms. The quantitative estimate of drug-likeness (QED) is 0.449. The van der Waals surface area contributed by atoms with E-state index in [1.807, 2.05) is 13.8 Å². The lowest BCUT2D eigenvalue weighted by molar-refractivity contribution is 0.0926. The average Bonchev–Trinajstić information content (AvgIpc) is 3.00. The Hall–Kier alpha value is -1.93.